The van der Waals surface area contributed by atoms with Crippen LogP contribution >= 0.6 is 0 Å². The second kappa shape index (κ2) is 2.20. The molecule has 0 aliphatic heterocycles. The smallest absolute Gasteiger partial charge is 0.193 e. The van der Waals surface area contributed by atoms with Crippen LogP contribution in [0.2, 0.25) is 0 Å². The topological polar surface area (TPSA) is 17.1 Å². The summed E-state index contributed by atoms with van der Waals surface area (Å²) in [4.78, 5) is 10.1. The number of ketones is 1. The van der Waals surface area contributed by atoms with Gasteiger partial charge >= 0.3 is 0 Å². The standard InChI is InChI=1S/C5H8F2O/c1-4(8)5(2,7)3-6/h3H2,1-2H3. The number of rotatable bonds is 2. The molecule has 0 aliphatic rings. The molecule has 0 saturated heterocycles. The molecule has 48 valence electrons. The van der Waals surface area contributed by atoms with E-state index >= 15 is 0 Å². The Labute approximate surface area is 46.7 Å². The first-order valence-electron chi connectivity index (χ1n) is 2.26. The molecular formula is C5H8F2O. The van der Waals surface area contributed by atoms with Gasteiger partial charge in [-0.3, -0.25) is 4.79 Å². The summed E-state index contributed by atoms with van der Waals surface area (Å²) in [5.41, 5.74) is -2.26. The van der Waals surface area contributed by atoms with Gasteiger partial charge in [0.05, 0.1) is 0 Å². The molecule has 0 radical (unpaired) electrons. The third-order valence-electron chi connectivity index (χ3n) is 0.985. The Balaban J connectivity index is 3.91. The van der Waals surface area contributed by atoms with Crippen molar-refractivity contribution in [2.24, 2.45) is 0 Å². The minimum atomic E-state index is -2.26. The number of hydrogen-bond acceptors (Lipinski definition) is 1. The molecule has 0 aromatic carbocycles. The van der Waals surface area contributed by atoms with Crippen molar-refractivity contribution in [3.05, 3.63) is 0 Å². The van der Waals surface area contributed by atoms with Gasteiger partial charge in [-0.05, 0) is 13.8 Å². The first kappa shape index (κ1) is 7.53. The van der Waals surface area contributed by atoms with Gasteiger partial charge in [-0.25, -0.2) is 8.78 Å². The number of hydrogen-bond donors (Lipinski definition) is 0. The summed E-state index contributed by atoms with van der Waals surface area (Å²) in [5.74, 6) is -0.764. The lowest BCUT2D eigenvalue weighted by Crippen LogP contribution is -2.29. The highest BCUT2D eigenvalue weighted by atomic mass is 19.2. The number of carbonyl (C=O) groups excluding carboxylic acids is 1. The van der Waals surface area contributed by atoms with Crippen molar-refractivity contribution in [3.63, 3.8) is 0 Å². The normalized spacial score (nSPS) is 17.5. The molecule has 0 bridgehead atoms. The van der Waals surface area contributed by atoms with Crippen LogP contribution in [0.1, 0.15) is 13.8 Å². The van der Waals surface area contributed by atoms with Crippen LogP contribution in [0.25, 0.3) is 0 Å². The summed E-state index contributed by atoms with van der Waals surface area (Å²) >= 11 is 0. The molecule has 0 aliphatic carbocycles. The molecule has 0 aromatic heterocycles. The summed E-state index contributed by atoms with van der Waals surface area (Å²) < 4.78 is 23.6. The van der Waals surface area contributed by atoms with Crippen molar-refractivity contribution in [3.8, 4) is 0 Å². The molecular weight excluding hydrogens is 114 g/mol. The second-order valence-electron chi connectivity index (χ2n) is 1.89. The molecule has 8 heavy (non-hydrogen) atoms. The Kier molecular flexibility index (Phi) is 2.07. The van der Waals surface area contributed by atoms with Gasteiger partial charge in [-0.1, -0.05) is 0 Å². The van der Waals surface area contributed by atoms with E-state index in [-0.39, 0.29) is 0 Å². The Hall–Kier alpha value is -0.470. The van der Waals surface area contributed by atoms with Gasteiger partial charge in [0, 0.05) is 0 Å². The van der Waals surface area contributed by atoms with E-state index < -0.39 is 18.1 Å². The maximum atomic E-state index is 12.2. The predicted octanol–water partition coefficient (Wildman–Crippen LogP) is 1.27. The van der Waals surface area contributed by atoms with Gasteiger partial charge in [-0.15, -0.1) is 0 Å². The minimum Gasteiger partial charge on any atom is -0.296 e. The molecule has 1 nitrogen and oxygen atoms in total. The monoisotopic (exact) mass is 122 g/mol. The molecule has 1 unspecified atom stereocenters. The van der Waals surface area contributed by atoms with Crippen LogP contribution in [0, 0.1) is 0 Å². The van der Waals surface area contributed by atoms with Crippen molar-refractivity contribution in [2.45, 2.75) is 19.5 Å². The van der Waals surface area contributed by atoms with Crippen molar-refractivity contribution in [2.75, 3.05) is 6.67 Å². The Morgan fingerprint density at radius 3 is 2.12 bits per heavy atom. The third-order valence-corrected chi connectivity index (χ3v) is 0.985. The summed E-state index contributed by atoms with van der Waals surface area (Å²) in [7, 11) is 0. The molecule has 1 atom stereocenters. The first-order valence-corrected chi connectivity index (χ1v) is 2.26. The molecule has 0 heterocycles. The lowest BCUT2D eigenvalue weighted by molar-refractivity contribution is -0.128. The summed E-state index contributed by atoms with van der Waals surface area (Å²) in [6, 6.07) is 0. The average molecular weight is 122 g/mol. The molecule has 3 heteroatoms. The summed E-state index contributed by atoms with van der Waals surface area (Å²) in [6.07, 6.45) is 0. The Bertz CT molecular complexity index is 98.6. The zero-order valence-electron chi connectivity index (χ0n) is 4.87. The fraction of sp³-hybridized carbons (Fsp3) is 0.800. The van der Waals surface area contributed by atoms with Crippen LogP contribution in [-0.4, -0.2) is 18.1 Å². The van der Waals surface area contributed by atoms with Crippen molar-refractivity contribution in [1.29, 1.82) is 0 Å². The Morgan fingerprint density at radius 2 is 2.12 bits per heavy atom. The molecule has 0 amide bonds. The quantitative estimate of drug-likeness (QED) is 0.539. The van der Waals surface area contributed by atoms with Gasteiger partial charge in [0.15, 0.2) is 11.5 Å². The van der Waals surface area contributed by atoms with Crippen LogP contribution in [0.15, 0.2) is 0 Å². The van der Waals surface area contributed by atoms with Crippen molar-refractivity contribution >= 4 is 5.78 Å². The number of alkyl halides is 2. The van der Waals surface area contributed by atoms with E-state index in [4.69, 9.17) is 0 Å². The highest BCUT2D eigenvalue weighted by molar-refractivity contribution is 5.84. The molecule has 0 saturated carbocycles. The highest BCUT2D eigenvalue weighted by Gasteiger charge is 2.28. The van der Waals surface area contributed by atoms with E-state index in [9.17, 15) is 13.6 Å². The van der Waals surface area contributed by atoms with Gasteiger partial charge < -0.3 is 0 Å². The zero-order valence-corrected chi connectivity index (χ0v) is 4.87. The second-order valence-corrected chi connectivity index (χ2v) is 1.89. The molecule has 0 rings (SSSR count). The van der Waals surface area contributed by atoms with Crippen LogP contribution < -0.4 is 0 Å². The number of halogens is 2. The molecule has 0 spiro atoms. The SMILES string of the molecule is CC(=O)C(C)(F)CF. The van der Waals surface area contributed by atoms with Crippen LogP contribution in [0.3, 0.4) is 0 Å². The molecule has 0 aromatic rings. The van der Waals surface area contributed by atoms with Gasteiger partial charge in [0.2, 0.25) is 0 Å². The molecule has 0 fully saturated rings. The van der Waals surface area contributed by atoms with E-state index in [1.165, 1.54) is 0 Å². The zero-order chi connectivity index (χ0) is 6.78. The number of carbonyl (C=O) groups is 1. The van der Waals surface area contributed by atoms with E-state index in [2.05, 4.69) is 0 Å². The van der Waals surface area contributed by atoms with Gasteiger partial charge in [-0.2, -0.15) is 0 Å². The maximum absolute atomic E-state index is 12.2. The van der Waals surface area contributed by atoms with E-state index in [1.807, 2.05) is 0 Å². The van der Waals surface area contributed by atoms with E-state index in [1.54, 1.807) is 0 Å². The maximum Gasteiger partial charge on any atom is 0.193 e. The van der Waals surface area contributed by atoms with Crippen LogP contribution in [0.5, 0.6) is 0 Å². The fourth-order valence-electron chi connectivity index (χ4n) is 0.0941. The minimum absolute atomic E-state index is 0.764. The van der Waals surface area contributed by atoms with Crippen LogP contribution in [-0.2, 0) is 4.79 Å². The average Bonchev–Trinajstić information content (AvgIpc) is 1.67. The van der Waals surface area contributed by atoms with Gasteiger partial charge in [0.1, 0.15) is 6.67 Å². The summed E-state index contributed by atoms with van der Waals surface area (Å²) in [5, 5.41) is 0. The fourth-order valence-corrected chi connectivity index (χ4v) is 0.0941. The predicted molar refractivity (Wildman–Crippen MR) is 26.2 cm³/mol. The number of Topliss-reactive ketones (excluding diaryl/α,β-unsaturated/α-hetero) is 1. The first-order chi connectivity index (χ1) is 3.50. The lowest BCUT2D eigenvalue weighted by Gasteiger charge is -2.09. The van der Waals surface area contributed by atoms with E-state index in [0.29, 0.717) is 0 Å². The lowest BCUT2D eigenvalue weighted by atomic mass is 10.1. The third kappa shape index (κ3) is 1.56. The van der Waals surface area contributed by atoms with Crippen molar-refractivity contribution < 1.29 is 13.6 Å². The van der Waals surface area contributed by atoms with Gasteiger partial charge in [0.25, 0.3) is 0 Å². The van der Waals surface area contributed by atoms with Crippen molar-refractivity contribution in [1.82, 2.24) is 0 Å². The molecule has 0 N–H and O–H groups in total. The van der Waals surface area contributed by atoms with E-state index in [0.717, 1.165) is 13.8 Å². The largest absolute Gasteiger partial charge is 0.296 e. The van der Waals surface area contributed by atoms with Crippen LogP contribution in [0.4, 0.5) is 8.78 Å². The highest BCUT2D eigenvalue weighted by Crippen LogP contribution is 2.10. The Morgan fingerprint density at radius 1 is 1.75 bits per heavy atom. The summed E-state index contributed by atoms with van der Waals surface area (Å²) in [6.45, 7) is 0.719.